The molecule has 2 aliphatic rings. The number of allylic oxidation sites excluding steroid dienone is 1. The highest BCUT2D eigenvalue weighted by Crippen LogP contribution is 2.58. The van der Waals surface area contributed by atoms with Crippen LogP contribution in [0.4, 0.5) is 17.1 Å². The van der Waals surface area contributed by atoms with Gasteiger partial charge in [0.25, 0.3) is 0 Å². The average Bonchev–Trinajstić information content (AvgIpc) is 3.92. The molecule has 69 heavy (non-hydrogen) atoms. The molecule has 0 N–H and O–H groups in total. The molecule has 12 rings (SSSR count). The maximum atomic E-state index is 4.29. The Kier molecular flexibility index (Phi) is 9.93. The number of aromatic nitrogens is 1. The first-order valence-corrected chi connectivity index (χ1v) is 24.2. The molecule has 0 fully saturated rings. The topological polar surface area (TPSA) is 8.17 Å². The predicted molar refractivity (Wildman–Crippen MR) is 294 cm³/mol. The van der Waals surface area contributed by atoms with Gasteiger partial charge in [0.05, 0.1) is 11.2 Å². The number of para-hydroxylation sites is 2. The van der Waals surface area contributed by atoms with Crippen LogP contribution in [0.15, 0.2) is 219 Å². The van der Waals surface area contributed by atoms with Crippen LogP contribution in [-0.4, -0.2) is 4.57 Å². The van der Waals surface area contributed by atoms with Crippen molar-refractivity contribution >= 4 is 45.7 Å². The maximum absolute atomic E-state index is 4.29. The number of hydrogen-bond donors (Lipinski definition) is 0. The minimum Gasteiger partial charge on any atom is -0.310 e. The quantitative estimate of drug-likeness (QED) is 0.140. The molecule has 1 aromatic heterocycles. The SMILES string of the molecule is C=Cc1c(/C=C(\C)c2ccc(N(c3ccc(-c4ccccc4)cc3)c3ccc4c(c3)C(C)(C)c3cc5c(cc3-4)C(C)(C)c3cccc(-c4ccccc4)c3-5)cc2)c2ccccc2n1-c1ccccc1. The lowest BCUT2D eigenvalue weighted by atomic mass is 9.79. The van der Waals surface area contributed by atoms with Crippen molar-refractivity contribution in [3.63, 3.8) is 0 Å². The molecule has 2 heteroatoms. The van der Waals surface area contributed by atoms with E-state index >= 15 is 0 Å². The zero-order valence-corrected chi connectivity index (χ0v) is 40.0. The highest BCUT2D eigenvalue weighted by molar-refractivity contribution is 6.00. The Hall–Kier alpha value is -8.20. The van der Waals surface area contributed by atoms with E-state index in [9.17, 15) is 0 Å². The van der Waals surface area contributed by atoms with Crippen molar-refractivity contribution in [1.29, 1.82) is 0 Å². The molecular weight excluding hydrogens is 833 g/mol. The normalized spacial score (nSPS) is 14.0. The summed E-state index contributed by atoms with van der Waals surface area (Å²) in [6.07, 6.45) is 4.31. The van der Waals surface area contributed by atoms with Crippen molar-refractivity contribution in [2.45, 2.75) is 45.4 Å². The van der Waals surface area contributed by atoms with Gasteiger partial charge in [0.15, 0.2) is 0 Å². The summed E-state index contributed by atoms with van der Waals surface area (Å²) < 4.78 is 2.32. The smallest absolute Gasteiger partial charge is 0.0541 e. The lowest BCUT2D eigenvalue weighted by Gasteiger charge is -2.28. The van der Waals surface area contributed by atoms with E-state index < -0.39 is 0 Å². The summed E-state index contributed by atoms with van der Waals surface area (Å²) in [5, 5.41) is 1.20. The fourth-order valence-electron chi connectivity index (χ4n) is 11.5. The summed E-state index contributed by atoms with van der Waals surface area (Å²) in [7, 11) is 0. The van der Waals surface area contributed by atoms with E-state index in [1.165, 1.54) is 88.8 Å². The third-order valence-electron chi connectivity index (χ3n) is 15.2. The van der Waals surface area contributed by atoms with Crippen molar-refractivity contribution in [2.24, 2.45) is 0 Å². The molecule has 10 aromatic rings. The molecule has 0 saturated heterocycles. The molecule has 9 aromatic carbocycles. The van der Waals surface area contributed by atoms with Crippen molar-refractivity contribution in [2.75, 3.05) is 4.90 Å². The number of benzene rings is 9. The highest BCUT2D eigenvalue weighted by atomic mass is 15.1. The average molecular weight is 887 g/mol. The molecule has 0 atom stereocenters. The molecule has 0 unspecified atom stereocenters. The van der Waals surface area contributed by atoms with Crippen LogP contribution in [0, 0.1) is 0 Å². The van der Waals surface area contributed by atoms with Gasteiger partial charge < -0.3 is 9.47 Å². The van der Waals surface area contributed by atoms with Gasteiger partial charge in [-0.05, 0) is 164 Å². The van der Waals surface area contributed by atoms with Crippen LogP contribution in [0.2, 0.25) is 0 Å². The minimum atomic E-state index is -0.229. The third-order valence-corrected chi connectivity index (χ3v) is 15.2. The Morgan fingerprint density at radius 2 is 1.01 bits per heavy atom. The molecule has 0 radical (unpaired) electrons. The predicted octanol–water partition coefficient (Wildman–Crippen LogP) is 18.3. The van der Waals surface area contributed by atoms with Crippen LogP contribution < -0.4 is 4.90 Å². The van der Waals surface area contributed by atoms with Crippen molar-refractivity contribution in [1.82, 2.24) is 4.57 Å². The number of fused-ring (bicyclic) bond motifs is 7. The first-order chi connectivity index (χ1) is 33.6. The Bertz CT molecular complexity index is 3640. The Morgan fingerprint density at radius 3 is 1.71 bits per heavy atom. The van der Waals surface area contributed by atoms with Crippen LogP contribution in [-0.2, 0) is 10.8 Å². The van der Waals surface area contributed by atoms with Crippen LogP contribution in [0.5, 0.6) is 0 Å². The molecule has 0 amide bonds. The van der Waals surface area contributed by atoms with Gasteiger partial charge in [0, 0.05) is 44.5 Å². The molecule has 0 bridgehead atoms. The number of hydrogen-bond acceptors (Lipinski definition) is 1. The van der Waals surface area contributed by atoms with E-state index in [0.717, 1.165) is 34.0 Å². The van der Waals surface area contributed by atoms with Crippen molar-refractivity contribution in [3.8, 4) is 50.2 Å². The lowest BCUT2D eigenvalue weighted by Crippen LogP contribution is -2.17. The second-order valence-electron chi connectivity index (χ2n) is 19.8. The summed E-state index contributed by atoms with van der Waals surface area (Å²) in [6.45, 7) is 16.1. The Balaban J connectivity index is 0.950. The summed E-state index contributed by atoms with van der Waals surface area (Å²) in [5.41, 5.74) is 25.8. The van der Waals surface area contributed by atoms with E-state index in [0.29, 0.717) is 0 Å². The maximum Gasteiger partial charge on any atom is 0.0541 e. The van der Waals surface area contributed by atoms with Crippen molar-refractivity contribution < 1.29 is 0 Å². The summed E-state index contributed by atoms with van der Waals surface area (Å²) in [6, 6.07) is 78.0. The van der Waals surface area contributed by atoms with Crippen LogP contribution in [0.1, 0.15) is 73.7 Å². The van der Waals surface area contributed by atoms with Crippen LogP contribution in [0.25, 0.3) is 78.8 Å². The van der Waals surface area contributed by atoms with Gasteiger partial charge in [-0.25, -0.2) is 0 Å². The van der Waals surface area contributed by atoms with Gasteiger partial charge in [-0.1, -0.05) is 180 Å². The second kappa shape index (κ2) is 16.2. The standard InChI is InChI=1S/C67H54N2/c1-7-63-57(55-26-17-18-29-64(55)69(63)49-24-15-10-16-25-49)40-44(2)45-30-34-50(35-31-45)68(51-36-32-47(33-37-51)46-20-11-8-12-21-46)52-38-39-54-56-42-62-58(43-61(56)67(5,6)60(54)41-52)65-53(48-22-13-9-14-23-48)27-19-28-59(65)66(62,3)4/h7-43H,1H2,2-6H3/b44-40+. The monoisotopic (exact) mass is 886 g/mol. The molecule has 0 aliphatic heterocycles. The minimum absolute atomic E-state index is 0.130. The molecule has 1 heterocycles. The molecule has 2 aliphatic carbocycles. The van der Waals surface area contributed by atoms with Gasteiger partial charge in [-0.2, -0.15) is 0 Å². The zero-order chi connectivity index (χ0) is 47.0. The number of nitrogens with zero attached hydrogens (tertiary/aromatic N) is 2. The number of rotatable bonds is 9. The van der Waals surface area contributed by atoms with E-state index in [4.69, 9.17) is 0 Å². The zero-order valence-electron chi connectivity index (χ0n) is 40.0. The van der Waals surface area contributed by atoms with E-state index in [2.05, 4.69) is 269 Å². The fourth-order valence-corrected chi connectivity index (χ4v) is 11.5. The van der Waals surface area contributed by atoms with Gasteiger partial charge in [0.1, 0.15) is 0 Å². The Morgan fingerprint density at radius 1 is 0.464 bits per heavy atom. The first kappa shape index (κ1) is 42.2. The molecule has 0 spiro atoms. The molecular formula is C67H54N2. The van der Waals surface area contributed by atoms with E-state index in [1.807, 2.05) is 6.08 Å². The van der Waals surface area contributed by atoms with E-state index in [-0.39, 0.29) is 10.8 Å². The van der Waals surface area contributed by atoms with Gasteiger partial charge in [-0.15, -0.1) is 0 Å². The third kappa shape index (κ3) is 6.77. The van der Waals surface area contributed by atoms with Crippen LogP contribution >= 0.6 is 0 Å². The molecule has 2 nitrogen and oxygen atoms in total. The largest absolute Gasteiger partial charge is 0.310 e. The van der Waals surface area contributed by atoms with Crippen LogP contribution in [0.3, 0.4) is 0 Å². The van der Waals surface area contributed by atoms with Gasteiger partial charge in [-0.3, -0.25) is 0 Å². The van der Waals surface area contributed by atoms with Gasteiger partial charge in [0.2, 0.25) is 0 Å². The fraction of sp³-hybridized carbons (Fsp3) is 0.104. The van der Waals surface area contributed by atoms with Gasteiger partial charge >= 0.3 is 0 Å². The molecule has 332 valence electrons. The van der Waals surface area contributed by atoms with Crippen molar-refractivity contribution in [3.05, 3.63) is 258 Å². The summed E-state index contributed by atoms with van der Waals surface area (Å²) in [5.74, 6) is 0. The molecule has 0 saturated carbocycles. The second-order valence-corrected chi connectivity index (χ2v) is 19.8. The Labute approximate surface area is 406 Å². The highest BCUT2D eigenvalue weighted by Gasteiger charge is 2.42. The van der Waals surface area contributed by atoms with E-state index in [1.54, 1.807) is 0 Å². The first-order valence-electron chi connectivity index (χ1n) is 24.2. The summed E-state index contributed by atoms with van der Waals surface area (Å²) >= 11 is 0. The number of anilines is 3. The summed E-state index contributed by atoms with van der Waals surface area (Å²) in [4.78, 5) is 2.42. The lowest BCUT2D eigenvalue weighted by molar-refractivity contribution is 0.652.